The summed E-state index contributed by atoms with van der Waals surface area (Å²) in [5.41, 5.74) is 0. The van der Waals surface area contributed by atoms with E-state index in [1.807, 2.05) is 0 Å². The molecular formula is C5H2Cl4NO3P. The van der Waals surface area contributed by atoms with Gasteiger partial charge in [-0.3, -0.25) is 4.57 Å². The van der Waals surface area contributed by atoms with Gasteiger partial charge in [0.1, 0.15) is 15.6 Å². The molecule has 0 aliphatic heterocycles. The number of halogens is 4. The highest BCUT2D eigenvalue weighted by molar-refractivity contribution is 7.61. The first-order chi connectivity index (χ1) is 6.25. The van der Waals surface area contributed by atoms with Gasteiger partial charge in [-0.15, -0.1) is 0 Å². The lowest BCUT2D eigenvalue weighted by Gasteiger charge is -2.10. The van der Waals surface area contributed by atoms with Crippen LogP contribution in [0.2, 0.25) is 20.4 Å². The van der Waals surface area contributed by atoms with E-state index in [2.05, 4.69) is 4.98 Å². The van der Waals surface area contributed by atoms with Crippen LogP contribution < -0.4 is 5.30 Å². The Kier molecular flexibility index (Phi) is 3.71. The van der Waals surface area contributed by atoms with E-state index in [1.165, 1.54) is 0 Å². The fraction of sp³-hybridized carbons (Fsp3) is 0. The van der Waals surface area contributed by atoms with Gasteiger partial charge in [0.25, 0.3) is 0 Å². The summed E-state index contributed by atoms with van der Waals surface area (Å²) >= 11 is 22.0. The molecule has 0 fully saturated rings. The minimum absolute atomic E-state index is 0.306. The fourth-order valence-corrected chi connectivity index (χ4v) is 2.97. The molecule has 9 heteroatoms. The molecule has 4 nitrogen and oxygen atoms in total. The summed E-state index contributed by atoms with van der Waals surface area (Å²) in [6.45, 7) is 0. The standard InChI is InChI=1S/C5H2Cl4NO3P/c6-1-3(14(11,12)13)2(7)5(9)10-4(1)8/h(H2,11,12,13). The third-order valence-corrected chi connectivity index (χ3v) is 4.04. The highest BCUT2D eigenvalue weighted by Crippen LogP contribution is 2.42. The fourth-order valence-electron chi connectivity index (χ4n) is 0.732. The molecule has 0 aromatic carbocycles. The summed E-state index contributed by atoms with van der Waals surface area (Å²) in [6, 6.07) is 0. The van der Waals surface area contributed by atoms with Crippen LogP contribution in [0.4, 0.5) is 0 Å². The van der Waals surface area contributed by atoms with Crippen LogP contribution in [0, 0.1) is 0 Å². The zero-order valence-electron chi connectivity index (χ0n) is 6.21. The largest absolute Gasteiger partial charge is 0.359 e. The topological polar surface area (TPSA) is 70.4 Å². The number of nitrogens with zero attached hydrogens (tertiary/aromatic N) is 1. The molecule has 0 unspecified atom stereocenters. The Morgan fingerprint density at radius 3 is 1.64 bits per heavy atom. The summed E-state index contributed by atoms with van der Waals surface area (Å²) in [4.78, 5) is 21.3. The molecular weight excluding hydrogens is 295 g/mol. The van der Waals surface area contributed by atoms with E-state index >= 15 is 0 Å². The lowest BCUT2D eigenvalue weighted by atomic mass is 10.5. The molecule has 0 spiro atoms. The maximum atomic E-state index is 11.0. The number of hydrogen-bond donors (Lipinski definition) is 2. The first-order valence-corrected chi connectivity index (χ1v) is 6.13. The zero-order chi connectivity index (χ0) is 11.1. The van der Waals surface area contributed by atoms with Gasteiger partial charge >= 0.3 is 7.60 Å². The van der Waals surface area contributed by atoms with Crippen molar-refractivity contribution >= 4 is 59.3 Å². The molecule has 1 aromatic rings. The van der Waals surface area contributed by atoms with E-state index in [0.29, 0.717) is 0 Å². The predicted octanol–water partition coefficient (Wildman–Crippen LogP) is 2.50. The van der Waals surface area contributed by atoms with E-state index in [-0.39, 0.29) is 10.3 Å². The maximum absolute atomic E-state index is 11.0. The van der Waals surface area contributed by atoms with Gasteiger partial charge in [-0.05, 0) is 0 Å². The number of pyridine rings is 1. The van der Waals surface area contributed by atoms with E-state index in [4.69, 9.17) is 56.2 Å². The Hall–Kier alpha value is 0.460. The van der Waals surface area contributed by atoms with Crippen LogP contribution in [0.15, 0.2) is 0 Å². The summed E-state index contributed by atoms with van der Waals surface area (Å²) in [5.74, 6) is 0. The minimum Gasteiger partial charge on any atom is -0.321 e. The Labute approximate surface area is 98.9 Å². The first-order valence-electron chi connectivity index (χ1n) is 3.01. The molecule has 0 saturated heterocycles. The molecule has 1 heterocycles. The Morgan fingerprint density at radius 2 is 1.36 bits per heavy atom. The molecule has 0 saturated carbocycles. The smallest absolute Gasteiger partial charge is 0.321 e. The summed E-state index contributed by atoms with van der Waals surface area (Å²) in [5, 5.41) is -2.01. The molecule has 1 aromatic heterocycles. The second-order valence-electron chi connectivity index (χ2n) is 2.21. The molecule has 1 rings (SSSR count). The van der Waals surface area contributed by atoms with Crippen molar-refractivity contribution in [2.24, 2.45) is 0 Å². The van der Waals surface area contributed by atoms with Crippen LogP contribution in [0.5, 0.6) is 0 Å². The molecule has 0 aliphatic rings. The van der Waals surface area contributed by atoms with Gasteiger partial charge in [0.15, 0.2) is 0 Å². The van der Waals surface area contributed by atoms with Crippen molar-refractivity contribution in [1.82, 2.24) is 4.98 Å². The Morgan fingerprint density at radius 1 is 1.00 bits per heavy atom. The SMILES string of the molecule is O=P(O)(O)c1c(Cl)c(Cl)nc(Cl)c1Cl. The molecule has 0 bridgehead atoms. The molecule has 2 N–H and O–H groups in total. The van der Waals surface area contributed by atoms with E-state index in [9.17, 15) is 4.57 Å². The average molecular weight is 297 g/mol. The molecule has 0 aliphatic carbocycles. The van der Waals surface area contributed by atoms with Gasteiger partial charge in [0.05, 0.1) is 10.0 Å². The highest BCUT2D eigenvalue weighted by atomic mass is 35.5. The zero-order valence-corrected chi connectivity index (χ0v) is 10.1. The molecule has 0 amide bonds. The van der Waals surface area contributed by atoms with Gasteiger partial charge in [0, 0.05) is 0 Å². The van der Waals surface area contributed by atoms with Gasteiger partial charge in [0.2, 0.25) is 0 Å². The second-order valence-corrected chi connectivity index (χ2v) is 5.22. The van der Waals surface area contributed by atoms with Crippen molar-refractivity contribution in [2.75, 3.05) is 0 Å². The third kappa shape index (κ3) is 2.34. The third-order valence-electron chi connectivity index (χ3n) is 1.27. The van der Waals surface area contributed by atoms with Gasteiger partial charge < -0.3 is 9.79 Å². The van der Waals surface area contributed by atoms with Crippen molar-refractivity contribution in [3.63, 3.8) is 0 Å². The van der Waals surface area contributed by atoms with Crippen LogP contribution in [0.3, 0.4) is 0 Å². The van der Waals surface area contributed by atoms with Gasteiger partial charge in [-0.25, -0.2) is 4.98 Å². The monoisotopic (exact) mass is 295 g/mol. The van der Waals surface area contributed by atoms with E-state index < -0.39 is 22.9 Å². The van der Waals surface area contributed by atoms with Crippen molar-refractivity contribution in [3.8, 4) is 0 Å². The van der Waals surface area contributed by atoms with Crippen LogP contribution in [0.25, 0.3) is 0 Å². The van der Waals surface area contributed by atoms with Gasteiger partial charge in [-0.2, -0.15) is 0 Å². The van der Waals surface area contributed by atoms with E-state index in [0.717, 1.165) is 0 Å². The van der Waals surface area contributed by atoms with Crippen molar-refractivity contribution in [3.05, 3.63) is 20.4 Å². The number of rotatable bonds is 1. The highest BCUT2D eigenvalue weighted by Gasteiger charge is 2.29. The summed E-state index contributed by atoms with van der Waals surface area (Å²) in [6.07, 6.45) is 0. The quantitative estimate of drug-likeness (QED) is 0.617. The summed E-state index contributed by atoms with van der Waals surface area (Å²) in [7, 11) is -4.62. The lowest BCUT2D eigenvalue weighted by molar-refractivity contribution is 0.387. The van der Waals surface area contributed by atoms with Crippen molar-refractivity contribution in [1.29, 1.82) is 0 Å². The Bertz CT molecular complexity index is 405. The predicted molar refractivity (Wildman–Crippen MR) is 56.0 cm³/mol. The maximum Gasteiger partial charge on any atom is 0.359 e. The number of hydrogen-bond acceptors (Lipinski definition) is 2. The van der Waals surface area contributed by atoms with Gasteiger partial charge in [-0.1, -0.05) is 46.4 Å². The van der Waals surface area contributed by atoms with Crippen LogP contribution in [0.1, 0.15) is 0 Å². The normalized spacial score (nSPS) is 11.9. The number of aromatic nitrogens is 1. The Balaban J connectivity index is 3.65. The van der Waals surface area contributed by atoms with Crippen LogP contribution >= 0.6 is 54.0 Å². The molecule has 78 valence electrons. The van der Waals surface area contributed by atoms with E-state index in [1.54, 1.807) is 0 Å². The molecule has 14 heavy (non-hydrogen) atoms. The van der Waals surface area contributed by atoms with Crippen LogP contribution in [-0.2, 0) is 4.57 Å². The van der Waals surface area contributed by atoms with Crippen molar-refractivity contribution < 1.29 is 14.4 Å². The average Bonchev–Trinajstić information content (AvgIpc) is 1.98. The van der Waals surface area contributed by atoms with Crippen LogP contribution in [-0.4, -0.2) is 14.8 Å². The molecule has 0 atom stereocenters. The lowest BCUT2D eigenvalue weighted by Crippen LogP contribution is -2.09. The first kappa shape index (κ1) is 12.5. The second kappa shape index (κ2) is 4.14. The minimum atomic E-state index is -4.62. The van der Waals surface area contributed by atoms with Crippen molar-refractivity contribution in [2.45, 2.75) is 0 Å². The molecule has 0 radical (unpaired) electrons. The summed E-state index contributed by atoms with van der Waals surface area (Å²) < 4.78 is 11.0.